The van der Waals surface area contributed by atoms with E-state index in [-0.39, 0.29) is 18.5 Å². The van der Waals surface area contributed by atoms with Crippen LogP contribution in [-0.2, 0) is 4.74 Å². The monoisotopic (exact) mass is 686 g/mol. The number of nitrogens with two attached hydrogens (primary N) is 1. The smallest absolute Gasteiger partial charge is 0.410 e. The first-order chi connectivity index (χ1) is 24.0. The number of likely N-dealkylation sites (tertiary alicyclic amines) is 3. The third-order valence-electron chi connectivity index (χ3n) is 10.2. The second-order valence-electron chi connectivity index (χ2n) is 14.8. The first kappa shape index (κ1) is 34.0. The minimum Gasteiger partial charge on any atom is -0.457 e. The summed E-state index contributed by atoms with van der Waals surface area (Å²) in [6, 6.07) is 16.3. The number of carbonyl (C=O) groups excluding carboxylic acids is 1. The fraction of sp³-hybridized carbons (Fsp3) is 0.514. The summed E-state index contributed by atoms with van der Waals surface area (Å²) in [5.41, 5.74) is 6.71. The molecule has 0 saturated carbocycles. The van der Waals surface area contributed by atoms with E-state index in [4.69, 9.17) is 15.2 Å². The van der Waals surface area contributed by atoms with Crippen molar-refractivity contribution in [1.29, 1.82) is 0 Å². The molecule has 2 aromatic carbocycles. The number of imidazole rings is 1. The zero-order valence-electron chi connectivity index (χ0n) is 29.1. The summed E-state index contributed by atoms with van der Waals surface area (Å²) in [4.78, 5) is 41.4. The zero-order valence-corrected chi connectivity index (χ0v) is 29.1. The number of hydrogen-bond acceptors (Lipinski definition) is 9. The third-order valence-corrected chi connectivity index (χ3v) is 10.2. The van der Waals surface area contributed by atoms with E-state index in [1.807, 2.05) is 51.1 Å². The molecule has 4 aromatic rings. The van der Waals surface area contributed by atoms with Gasteiger partial charge in [0.2, 0.25) is 0 Å². The van der Waals surface area contributed by atoms with E-state index in [1.165, 1.54) is 15.5 Å². The Morgan fingerprint density at radius 3 is 2.32 bits per heavy atom. The van der Waals surface area contributed by atoms with Crippen molar-refractivity contribution in [3.8, 4) is 17.2 Å². The molecule has 0 radical (unpaired) electrons. The molecule has 0 bridgehead atoms. The highest BCUT2D eigenvalue weighted by Crippen LogP contribution is 2.32. The summed E-state index contributed by atoms with van der Waals surface area (Å²) in [6.07, 6.45) is 3.57. The van der Waals surface area contributed by atoms with Crippen molar-refractivity contribution in [2.24, 2.45) is 5.92 Å². The Bertz CT molecular complexity index is 1840. The average Bonchev–Trinajstić information content (AvgIpc) is 3.36. The van der Waals surface area contributed by atoms with E-state index in [0.29, 0.717) is 53.3 Å². The number of benzene rings is 2. The van der Waals surface area contributed by atoms with Crippen molar-refractivity contribution in [1.82, 2.24) is 33.8 Å². The Morgan fingerprint density at radius 1 is 0.940 bits per heavy atom. The van der Waals surface area contributed by atoms with Crippen molar-refractivity contribution in [2.75, 3.05) is 51.5 Å². The molecule has 266 valence electrons. The van der Waals surface area contributed by atoms with Gasteiger partial charge in [-0.05, 0) is 108 Å². The Morgan fingerprint density at radius 2 is 1.64 bits per heavy atom. The number of piperidine rings is 2. The number of ether oxygens (including phenoxy) is 2. The third kappa shape index (κ3) is 7.20. The predicted molar refractivity (Wildman–Crippen MR) is 190 cm³/mol. The van der Waals surface area contributed by atoms with E-state index in [0.717, 1.165) is 52.0 Å². The van der Waals surface area contributed by atoms with Crippen molar-refractivity contribution >= 4 is 23.1 Å². The minimum absolute atomic E-state index is 0.159. The highest BCUT2D eigenvalue weighted by atomic mass is 19.1. The molecule has 50 heavy (non-hydrogen) atoms. The summed E-state index contributed by atoms with van der Waals surface area (Å²) in [5, 5.41) is 0. The molecule has 5 heterocycles. The van der Waals surface area contributed by atoms with E-state index >= 15 is 4.39 Å². The van der Waals surface area contributed by atoms with Gasteiger partial charge in [-0.1, -0.05) is 18.2 Å². The van der Waals surface area contributed by atoms with Gasteiger partial charge < -0.3 is 25.0 Å². The maximum Gasteiger partial charge on any atom is 0.410 e. The highest BCUT2D eigenvalue weighted by Gasteiger charge is 2.39. The van der Waals surface area contributed by atoms with Gasteiger partial charge in [0, 0.05) is 32.2 Å². The van der Waals surface area contributed by atoms with Gasteiger partial charge >= 0.3 is 11.8 Å². The molecular formula is C37H47FN8O4. The van der Waals surface area contributed by atoms with E-state index in [1.54, 1.807) is 29.2 Å². The molecule has 3 aliphatic rings. The number of hydrogen-bond donors (Lipinski definition) is 1. The number of rotatable bonds is 8. The zero-order chi connectivity index (χ0) is 35.0. The van der Waals surface area contributed by atoms with E-state index in [2.05, 4.69) is 19.8 Å². The number of alkyl halides is 1. The Labute approximate surface area is 291 Å². The fourth-order valence-corrected chi connectivity index (χ4v) is 7.48. The summed E-state index contributed by atoms with van der Waals surface area (Å²) < 4.78 is 30.4. The van der Waals surface area contributed by atoms with Crippen molar-refractivity contribution < 1.29 is 18.7 Å². The van der Waals surface area contributed by atoms with Gasteiger partial charge in [-0.25, -0.2) is 23.9 Å². The maximum absolute atomic E-state index is 16.0. The molecule has 2 aromatic heterocycles. The van der Waals surface area contributed by atoms with E-state index in [9.17, 15) is 9.59 Å². The van der Waals surface area contributed by atoms with Crippen LogP contribution in [0.5, 0.6) is 11.5 Å². The van der Waals surface area contributed by atoms with E-state index < -0.39 is 23.5 Å². The first-order valence-electron chi connectivity index (χ1n) is 17.7. The van der Waals surface area contributed by atoms with Gasteiger partial charge in [-0.15, -0.1) is 0 Å². The maximum atomic E-state index is 16.0. The number of anilines is 1. The number of amides is 1. The van der Waals surface area contributed by atoms with Gasteiger partial charge in [-0.3, -0.25) is 14.0 Å². The van der Waals surface area contributed by atoms with Gasteiger partial charge in [0.25, 0.3) is 0 Å². The summed E-state index contributed by atoms with van der Waals surface area (Å²) in [6.45, 7) is 10.9. The standard InChI is InChI=1S/C37H47FN8O4/c1-37(2,3)50-36(48)44-21-27(22-44)43-19-14-25(15-20-43)13-17-42-18-16-31(30(38)23-42)46-34-32(33(39)40-24-41-34)45(35(46)47)26-9-11-29(12-10-26)49-28-7-5-4-6-8-28/h4-12,24-25,27,30-31H,13-23H2,1-3H3,(H2,39,40,41)/t30-,31+/m0/s1. The molecule has 3 saturated heterocycles. The number of nitrogen functional groups attached to an aromatic ring is 1. The van der Waals surface area contributed by atoms with Gasteiger partial charge in [0.1, 0.15) is 35.1 Å². The lowest BCUT2D eigenvalue weighted by Crippen LogP contribution is -2.62. The molecule has 7 rings (SSSR count). The summed E-state index contributed by atoms with van der Waals surface area (Å²) >= 11 is 0. The number of para-hydroxylation sites is 1. The van der Waals surface area contributed by atoms with Crippen LogP contribution in [0.1, 0.15) is 52.5 Å². The molecule has 0 unspecified atom stereocenters. The molecule has 2 N–H and O–H groups in total. The number of fused-ring (bicyclic) bond motifs is 1. The molecule has 2 atom stereocenters. The van der Waals surface area contributed by atoms with Gasteiger partial charge in [-0.2, -0.15) is 0 Å². The van der Waals surface area contributed by atoms with Gasteiger partial charge in [0.15, 0.2) is 11.5 Å². The Balaban J connectivity index is 0.948. The van der Waals surface area contributed by atoms with Crippen LogP contribution in [0.4, 0.5) is 15.0 Å². The minimum atomic E-state index is -1.24. The number of nitrogens with zero attached hydrogens (tertiary/aromatic N) is 7. The lowest BCUT2D eigenvalue weighted by Gasteiger charge is -2.47. The van der Waals surface area contributed by atoms with Crippen LogP contribution in [0, 0.1) is 5.92 Å². The molecule has 1 amide bonds. The molecular weight excluding hydrogens is 639 g/mol. The Hall–Kier alpha value is -4.49. The highest BCUT2D eigenvalue weighted by molar-refractivity contribution is 5.84. The fourth-order valence-electron chi connectivity index (χ4n) is 7.48. The van der Waals surface area contributed by atoms with Crippen LogP contribution in [0.25, 0.3) is 16.9 Å². The lowest BCUT2D eigenvalue weighted by molar-refractivity contribution is -0.0222. The number of halogens is 1. The topological polar surface area (TPSA) is 124 Å². The van der Waals surface area contributed by atoms with Crippen LogP contribution in [0.15, 0.2) is 65.7 Å². The SMILES string of the molecule is CC(C)(C)OC(=O)N1CC(N2CCC(CCN3CC[C@@H](n4c(=O)n(-c5ccc(Oc6ccccc6)cc5)c5c(N)ncnc54)[C@@H](F)C3)CC2)C1. The first-order valence-corrected chi connectivity index (χ1v) is 17.7. The molecule has 13 heteroatoms. The van der Waals surface area contributed by atoms with Crippen LogP contribution < -0.4 is 16.2 Å². The largest absolute Gasteiger partial charge is 0.457 e. The van der Waals surface area contributed by atoms with Crippen molar-refractivity contribution in [3.05, 3.63) is 71.4 Å². The lowest BCUT2D eigenvalue weighted by atomic mass is 9.91. The summed E-state index contributed by atoms with van der Waals surface area (Å²) in [7, 11) is 0. The quantitative estimate of drug-likeness (QED) is 0.264. The number of carbonyl (C=O) groups is 1. The van der Waals surface area contributed by atoms with Crippen LogP contribution in [0.2, 0.25) is 0 Å². The Kier molecular flexibility index (Phi) is 9.53. The van der Waals surface area contributed by atoms with Gasteiger partial charge in [0.05, 0.1) is 11.7 Å². The summed E-state index contributed by atoms with van der Waals surface area (Å²) in [5.74, 6) is 2.07. The number of aromatic nitrogens is 4. The second-order valence-corrected chi connectivity index (χ2v) is 14.8. The predicted octanol–water partition coefficient (Wildman–Crippen LogP) is 5.26. The average molecular weight is 687 g/mol. The van der Waals surface area contributed by atoms with Crippen molar-refractivity contribution in [3.63, 3.8) is 0 Å². The van der Waals surface area contributed by atoms with Crippen LogP contribution in [0.3, 0.4) is 0 Å². The second kappa shape index (κ2) is 14.0. The van der Waals surface area contributed by atoms with Crippen molar-refractivity contribution in [2.45, 2.75) is 70.3 Å². The normalized spacial score (nSPS) is 21.3. The molecule has 12 nitrogen and oxygen atoms in total. The molecule has 3 fully saturated rings. The van der Waals surface area contributed by atoms with Crippen LogP contribution in [-0.4, -0.2) is 104 Å². The van der Waals surface area contributed by atoms with Crippen LogP contribution >= 0.6 is 0 Å². The molecule has 0 aliphatic carbocycles. The molecule has 0 spiro atoms. The molecule has 3 aliphatic heterocycles.